The maximum absolute atomic E-state index is 2.64. The molecule has 0 saturated heterocycles. The van der Waals surface area contributed by atoms with Gasteiger partial charge >= 0.3 is 0 Å². The van der Waals surface area contributed by atoms with Crippen molar-refractivity contribution < 1.29 is 0 Å². The van der Waals surface area contributed by atoms with E-state index in [1.807, 2.05) is 0 Å². The predicted octanol–water partition coefficient (Wildman–Crippen LogP) is 7.47. The van der Waals surface area contributed by atoms with E-state index in [-0.39, 0.29) is 0 Å². The van der Waals surface area contributed by atoms with Crippen molar-refractivity contribution in [2.45, 2.75) is 105 Å². The Labute approximate surface area is 146 Å². The molecule has 4 fully saturated rings. The van der Waals surface area contributed by atoms with E-state index in [9.17, 15) is 0 Å². The highest BCUT2D eigenvalue weighted by Crippen LogP contribution is 2.72. The second kappa shape index (κ2) is 7.49. The van der Waals surface area contributed by atoms with Gasteiger partial charge in [0.05, 0.1) is 0 Å². The van der Waals surface area contributed by atoms with E-state index < -0.39 is 0 Å². The summed E-state index contributed by atoms with van der Waals surface area (Å²) in [6, 6.07) is 0. The van der Waals surface area contributed by atoms with Crippen LogP contribution in [-0.2, 0) is 0 Å². The molecule has 0 aromatic rings. The minimum atomic E-state index is 0.786. The third-order valence-corrected chi connectivity index (χ3v) is 8.97. The van der Waals surface area contributed by atoms with E-state index in [2.05, 4.69) is 27.7 Å². The van der Waals surface area contributed by atoms with Crippen LogP contribution in [0.5, 0.6) is 0 Å². The van der Waals surface area contributed by atoms with Gasteiger partial charge in [0.1, 0.15) is 0 Å². The molecule has 0 aromatic carbocycles. The van der Waals surface area contributed by atoms with Crippen LogP contribution in [0.2, 0.25) is 0 Å². The quantitative estimate of drug-likeness (QED) is 0.476. The van der Waals surface area contributed by atoms with Gasteiger partial charge in [-0.1, -0.05) is 72.6 Å². The average molecular weight is 319 g/mol. The van der Waals surface area contributed by atoms with Crippen LogP contribution < -0.4 is 0 Å². The molecule has 6 unspecified atom stereocenters. The summed E-state index contributed by atoms with van der Waals surface area (Å²) >= 11 is 0. The zero-order chi connectivity index (χ0) is 16.4. The van der Waals surface area contributed by atoms with Crippen LogP contribution in [-0.4, -0.2) is 0 Å². The van der Waals surface area contributed by atoms with Gasteiger partial charge in [0.25, 0.3) is 0 Å². The standard InChI is InChI=1S/C23H42/c1-5-18(6-2)12-13-21-11-9-8-10-19(7-3)14-22-15-20-16-23(21,22)17(20)4/h17-22H,5-16H2,1-4H3. The Morgan fingerprint density at radius 3 is 2.39 bits per heavy atom. The van der Waals surface area contributed by atoms with Crippen LogP contribution in [0.4, 0.5) is 0 Å². The Morgan fingerprint density at radius 2 is 1.74 bits per heavy atom. The summed E-state index contributed by atoms with van der Waals surface area (Å²) < 4.78 is 0. The lowest BCUT2D eigenvalue weighted by molar-refractivity contribution is -0.0550. The summed E-state index contributed by atoms with van der Waals surface area (Å²) in [4.78, 5) is 0. The minimum absolute atomic E-state index is 0.786. The maximum atomic E-state index is 2.64. The van der Waals surface area contributed by atoms with Crippen LogP contribution >= 0.6 is 0 Å². The van der Waals surface area contributed by atoms with Crippen molar-refractivity contribution in [3.8, 4) is 0 Å². The van der Waals surface area contributed by atoms with E-state index >= 15 is 0 Å². The molecule has 4 aliphatic rings. The van der Waals surface area contributed by atoms with Gasteiger partial charge in [-0.25, -0.2) is 0 Å². The van der Waals surface area contributed by atoms with Crippen molar-refractivity contribution in [2.75, 3.05) is 0 Å². The fraction of sp³-hybridized carbons (Fsp3) is 1.00. The third-order valence-electron chi connectivity index (χ3n) is 8.97. The van der Waals surface area contributed by atoms with Gasteiger partial charge in [-0.15, -0.1) is 0 Å². The van der Waals surface area contributed by atoms with Gasteiger partial charge in [-0.05, 0) is 73.0 Å². The first-order chi connectivity index (χ1) is 11.2. The summed E-state index contributed by atoms with van der Waals surface area (Å²) in [7, 11) is 0. The molecule has 0 aliphatic heterocycles. The zero-order valence-corrected chi connectivity index (χ0v) is 16.4. The van der Waals surface area contributed by atoms with Gasteiger partial charge in [0.15, 0.2) is 0 Å². The summed E-state index contributed by atoms with van der Waals surface area (Å²) in [6.45, 7) is 9.89. The van der Waals surface area contributed by atoms with Gasteiger partial charge < -0.3 is 0 Å². The molecule has 0 aromatic heterocycles. The molecule has 0 heterocycles. The molecule has 4 rings (SSSR count). The Balaban J connectivity index is 1.74. The first kappa shape index (κ1) is 17.8. The summed E-state index contributed by atoms with van der Waals surface area (Å²) in [6.07, 6.45) is 18.2. The summed E-state index contributed by atoms with van der Waals surface area (Å²) in [5, 5.41) is 0. The average Bonchev–Trinajstić information content (AvgIpc) is 3.09. The van der Waals surface area contributed by atoms with Gasteiger partial charge in [-0.3, -0.25) is 0 Å². The second-order valence-corrected chi connectivity index (χ2v) is 9.55. The lowest BCUT2D eigenvalue weighted by Crippen LogP contribution is -2.47. The highest BCUT2D eigenvalue weighted by molar-refractivity contribution is 5.13. The molecule has 0 heteroatoms. The Kier molecular flexibility index (Phi) is 5.80. The Morgan fingerprint density at radius 1 is 1.00 bits per heavy atom. The van der Waals surface area contributed by atoms with E-state index in [0.717, 1.165) is 40.9 Å². The molecule has 0 N–H and O–H groups in total. The lowest BCUT2D eigenvalue weighted by Gasteiger charge is -2.54. The number of hydrogen-bond donors (Lipinski definition) is 0. The zero-order valence-electron chi connectivity index (χ0n) is 16.4. The molecule has 1 spiro atoms. The molecule has 2 bridgehead atoms. The molecule has 23 heavy (non-hydrogen) atoms. The van der Waals surface area contributed by atoms with Crippen LogP contribution in [0.3, 0.4) is 0 Å². The van der Waals surface area contributed by atoms with Crippen molar-refractivity contribution in [3.05, 3.63) is 0 Å². The highest BCUT2D eigenvalue weighted by atomic mass is 14.7. The smallest absolute Gasteiger partial charge is 0.0210 e. The summed E-state index contributed by atoms with van der Waals surface area (Å²) in [5.41, 5.74) is 0.786. The molecule has 0 radical (unpaired) electrons. The normalized spacial score (nSPS) is 43.4. The molecule has 4 saturated carbocycles. The van der Waals surface area contributed by atoms with Gasteiger partial charge in [0.2, 0.25) is 0 Å². The monoisotopic (exact) mass is 318 g/mol. The number of rotatable bonds is 6. The molecule has 4 aliphatic carbocycles. The van der Waals surface area contributed by atoms with Crippen LogP contribution in [0, 0.1) is 40.9 Å². The van der Waals surface area contributed by atoms with Crippen molar-refractivity contribution >= 4 is 0 Å². The Hall–Kier alpha value is 0. The van der Waals surface area contributed by atoms with Gasteiger partial charge in [-0.2, -0.15) is 0 Å². The van der Waals surface area contributed by atoms with E-state index in [1.165, 1.54) is 44.9 Å². The van der Waals surface area contributed by atoms with Gasteiger partial charge in [0, 0.05) is 0 Å². The maximum Gasteiger partial charge on any atom is -0.0210 e. The Bertz CT molecular complexity index is 368. The molecular weight excluding hydrogens is 276 g/mol. The van der Waals surface area contributed by atoms with E-state index in [0.29, 0.717) is 0 Å². The minimum Gasteiger partial charge on any atom is -0.0651 e. The van der Waals surface area contributed by atoms with Crippen molar-refractivity contribution in [3.63, 3.8) is 0 Å². The predicted molar refractivity (Wildman–Crippen MR) is 101 cm³/mol. The molecular formula is C23H42. The molecule has 134 valence electrons. The van der Waals surface area contributed by atoms with Crippen molar-refractivity contribution in [2.24, 2.45) is 40.9 Å². The summed E-state index contributed by atoms with van der Waals surface area (Å²) in [5.74, 6) is 6.35. The van der Waals surface area contributed by atoms with Crippen LogP contribution in [0.15, 0.2) is 0 Å². The first-order valence-electron chi connectivity index (χ1n) is 11.2. The highest BCUT2D eigenvalue weighted by Gasteiger charge is 2.64. The topological polar surface area (TPSA) is 0 Å². The lowest BCUT2D eigenvalue weighted by atomic mass is 9.51. The van der Waals surface area contributed by atoms with Crippen LogP contribution in [0.25, 0.3) is 0 Å². The number of hydrogen-bond acceptors (Lipinski definition) is 0. The fourth-order valence-electron chi connectivity index (χ4n) is 7.22. The molecule has 0 amide bonds. The van der Waals surface area contributed by atoms with Crippen LogP contribution in [0.1, 0.15) is 105 Å². The SMILES string of the molecule is CCC(CC)CCC1CCCCC(CC)CC2CC3CC12C3C. The van der Waals surface area contributed by atoms with Crippen molar-refractivity contribution in [1.29, 1.82) is 0 Å². The third kappa shape index (κ3) is 3.13. The van der Waals surface area contributed by atoms with E-state index in [1.54, 1.807) is 32.1 Å². The van der Waals surface area contributed by atoms with E-state index in [4.69, 9.17) is 0 Å². The fourth-order valence-corrected chi connectivity index (χ4v) is 7.22. The molecule has 6 atom stereocenters. The largest absolute Gasteiger partial charge is 0.0651 e. The van der Waals surface area contributed by atoms with Crippen molar-refractivity contribution in [1.82, 2.24) is 0 Å². The second-order valence-electron chi connectivity index (χ2n) is 9.55. The molecule has 0 nitrogen and oxygen atoms in total. The first-order valence-corrected chi connectivity index (χ1v) is 11.2.